The van der Waals surface area contributed by atoms with Crippen molar-refractivity contribution in [3.63, 3.8) is 0 Å². The van der Waals surface area contributed by atoms with Crippen LogP contribution >= 0.6 is 11.8 Å². The van der Waals surface area contributed by atoms with E-state index < -0.39 is 0 Å². The summed E-state index contributed by atoms with van der Waals surface area (Å²) in [5, 5.41) is 17.2. The molecule has 1 aromatic carbocycles. The first-order chi connectivity index (χ1) is 15.6. The van der Waals surface area contributed by atoms with Crippen molar-refractivity contribution >= 4 is 34.2 Å². The van der Waals surface area contributed by atoms with Crippen LogP contribution in [0.2, 0.25) is 0 Å². The van der Waals surface area contributed by atoms with Crippen molar-refractivity contribution in [1.29, 1.82) is 0 Å². The molecule has 0 amide bonds. The van der Waals surface area contributed by atoms with Gasteiger partial charge in [0.05, 0.1) is 18.1 Å². The Morgan fingerprint density at radius 2 is 2.12 bits per heavy atom. The van der Waals surface area contributed by atoms with E-state index in [0.717, 1.165) is 60.0 Å². The monoisotopic (exact) mass is 455 g/mol. The van der Waals surface area contributed by atoms with Gasteiger partial charge in [-0.1, -0.05) is 44.5 Å². The molecule has 0 spiro atoms. The number of nitrogens with zero attached hydrogens (tertiary/aromatic N) is 3. The molecule has 2 aliphatic rings. The molecule has 2 atom stereocenters. The van der Waals surface area contributed by atoms with E-state index in [1.54, 1.807) is 11.8 Å². The average molecular weight is 456 g/mol. The van der Waals surface area contributed by atoms with E-state index in [-0.39, 0.29) is 6.61 Å². The highest BCUT2D eigenvalue weighted by Crippen LogP contribution is 2.32. The van der Waals surface area contributed by atoms with E-state index in [0.29, 0.717) is 24.6 Å². The van der Waals surface area contributed by atoms with Crippen molar-refractivity contribution in [3.8, 4) is 0 Å². The number of hydrogen-bond acceptors (Lipinski definition) is 5. The smallest absolute Gasteiger partial charge is 0.219 e. The van der Waals surface area contributed by atoms with Crippen LogP contribution in [-0.4, -0.2) is 47.7 Å². The van der Waals surface area contributed by atoms with Gasteiger partial charge in [0, 0.05) is 30.5 Å². The predicted octanol–water partition coefficient (Wildman–Crippen LogP) is 4.82. The first-order valence-electron chi connectivity index (χ1n) is 11.8. The molecule has 3 N–H and O–H groups in total. The molecule has 1 saturated carbocycles. The summed E-state index contributed by atoms with van der Waals surface area (Å²) in [6.07, 6.45) is 6.66. The zero-order valence-electron chi connectivity index (χ0n) is 19.4. The standard InChI is InChI=1S/C25H37N5OS/c1-4-5-8-13-26-25(28-17-27-22-12-11-20(14-22)15-31)29-19(3)18(2)24-30-23-10-7-6-9-21(23)16-32-24/h6-7,9-10,20,22,27,31H,2,4-5,8,11-17H2,1,3H3,(H,26,28)/b29-19-. The van der Waals surface area contributed by atoms with Gasteiger partial charge in [-0.25, -0.2) is 15.0 Å². The summed E-state index contributed by atoms with van der Waals surface area (Å²) < 4.78 is 0. The number of para-hydroxylation sites is 1. The van der Waals surface area contributed by atoms with Crippen LogP contribution in [0.4, 0.5) is 5.69 Å². The molecule has 1 aliphatic carbocycles. The maximum atomic E-state index is 9.35. The molecule has 2 unspecified atom stereocenters. The Morgan fingerprint density at radius 3 is 2.91 bits per heavy atom. The number of hydrogen-bond donors (Lipinski definition) is 3. The zero-order chi connectivity index (χ0) is 22.8. The van der Waals surface area contributed by atoms with Crippen LogP contribution in [0.25, 0.3) is 0 Å². The van der Waals surface area contributed by atoms with Gasteiger partial charge in [0.25, 0.3) is 0 Å². The molecular weight excluding hydrogens is 418 g/mol. The summed E-state index contributed by atoms with van der Waals surface area (Å²) in [5.41, 5.74) is 3.95. The first kappa shape index (κ1) is 24.7. The third-order valence-corrected chi connectivity index (χ3v) is 7.08. The summed E-state index contributed by atoms with van der Waals surface area (Å²) in [6.45, 7) is 10.1. The minimum Gasteiger partial charge on any atom is -0.396 e. The lowest BCUT2D eigenvalue weighted by Crippen LogP contribution is -2.30. The van der Waals surface area contributed by atoms with E-state index in [9.17, 15) is 5.11 Å². The molecule has 6 nitrogen and oxygen atoms in total. The molecule has 1 aromatic rings. The zero-order valence-corrected chi connectivity index (χ0v) is 20.3. The van der Waals surface area contributed by atoms with Crippen LogP contribution in [0.5, 0.6) is 0 Å². The van der Waals surface area contributed by atoms with Gasteiger partial charge in [-0.3, -0.25) is 5.32 Å². The summed E-state index contributed by atoms with van der Waals surface area (Å²) in [4.78, 5) is 14.3. The number of fused-ring (bicyclic) bond motifs is 1. The normalized spacial score (nSPS) is 21.3. The third kappa shape index (κ3) is 7.29. The maximum absolute atomic E-state index is 9.35. The van der Waals surface area contributed by atoms with Gasteiger partial charge in [0.1, 0.15) is 5.04 Å². The molecule has 1 heterocycles. The highest BCUT2D eigenvalue weighted by molar-refractivity contribution is 8.14. The highest BCUT2D eigenvalue weighted by Gasteiger charge is 2.23. The second-order valence-corrected chi connectivity index (χ2v) is 9.51. The Morgan fingerprint density at radius 1 is 1.28 bits per heavy atom. The molecule has 32 heavy (non-hydrogen) atoms. The quantitative estimate of drug-likeness (QED) is 0.268. The predicted molar refractivity (Wildman–Crippen MR) is 138 cm³/mol. The number of aliphatic hydroxyl groups is 1. The number of aliphatic imine (C=N–C) groups is 3. The fourth-order valence-corrected chi connectivity index (χ4v) is 4.97. The molecular formula is C25H37N5OS. The van der Waals surface area contributed by atoms with Crippen LogP contribution in [0.15, 0.2) is 51.4 Å². The molecule has 3 rings (SSSR count). The van der Waals surface area contributed by atoms with Crippen molar-refractivity contribution in [2.24, 2.45) is 20.9 Å². The molecule has 1 aliphatic heterocycles. The van der Waals surface area contributed by atoms with Crippen molar-refractivity contribution in [2.75, 3.05) is 19.8 Å². The highest BCUT2D eigenvalue weighted by atomic mass is 32.2. The lowest BCUT2D eigenvalue weighted by molar-refractivity contribution is 0.227. The lowest BCUT2D eigenvalue weighted by atomic mass is 10.1. The van der Waals surface area contributed by atoms with Crippen molar-refractivity contribution < 1.29 is 5.11 Å². The number of guanidine groups is 1. The number of benzene rings is 1. The molecule has 0 radical (unpaired) electrons. The maximum Gasteiger partial charge on any atom is 0.219 e. The fraction of sp³-hybridized carbons (Fsp3) is 0.560. The molecule has 1 fully saturated rings. The van der Waals surface area contributed by atoms with E-state index in [2.05, 4.69) is 36.3 Å². The van der Waals surface area contributed by atoms with Crippen LogP contribution < -0.4 is 10.6 Å². The van der Waals surface area contributed by atoms with Crippen molar-refractivity contribution in [1.82, 2.24) is 10.6 Å². The van der Waals surface area contributed by atoms with Crippen molar-refractivity contribution in [2.45, 2.75) is 64.2 Å². The Bertz CT molecular complexity index is 864. The molecule has 0 saturated heterocycles. The van der Waals surface area contributed by atoms with Crippen LogP contribution in [0.3, 0.4) is 0 Å². The number of nitrogens with one attached hydrogen (secondary N) is 2. The average Bonchev–Trinajstić information content (AvgIpc) is 3.28. The number of thioether (sulfide) groups is 1. The van der Waals surface area contributed by atoms with Crippen LogP contribution in [0, 0.1) is 5.92 Å². The largest absolute Gasteiger partial charge is 0.396 e. The van der Waals surface area contributed by atoms with E-state index in [1.807, 2.05) is 19.1 Å². The Labute approximate surface area is 196 Å². The van der Waals surface area contributed by atoms with E-state index in [1.165, 1.54) is 18.4 Å². The van der Waals surface area contributed by atoms with Gasteiger partial charge in [-0.15, -0.1) is 11.8 Å². The fourth-order valence-electron chi connectivity index (χ4n) is 3.95. The Kier molecular flexibility index (Phi) is 9.96. The van der Waals surface area contributed by atoms with Crippen molar-refractivity contribution in [3.05, 3.63) is 42.0 Å². The van der Waals surface area contributed by atoms with E-state index in [4.69, 9.17) is 15.0 Å². The summed E-state index contributed by atoms with van der Waals surface area (Å²) >= 11 is 1.71. The van der Waals surface area contributed by atoms with Gasteiger partial charge in [0.15, 0.2) is 0 Å². The Balaban J connectivity index is 1.65. The van der Waals surface area contributed by atoms with Gasteiger partial charge in [-0.2, -0.15) is 0 Å². The number of aliphatic hydroxyl groups excluding tert-OH is 1. The second-order valence-electron chi connectivity index (χ2n) is 8.55. The van der Waals surface area contributed by atoms with Crippen LogP contribution in [-0.2, 0) is 5.75 Å². The van der Waals surface area contributed by atoms with Crippen LogP contribution in [0.1, 0.15) is 57.9 Å². The summed E-state index contributed by atoms with van der Waals surface area (Å²) in [5.74, 6) is 1.97. The molecule has 174 valence electrons. The molecule has 7 heteroatoms. The SMILES string of the molecule is C=C(C1=Nc2ccccc2CS1)/C(C)=N\C(=N/CNC1CCC(CO)C1)NCCCCC. The Hall–Kier alpha value is -1.96. The minimum absolute atomic E-state index is 0.281. The minimum atomic E-state index is 0.281. The number of unbranched alkanes of at least 4 members (excludes halogenated alkanes) is 2. The summed E-state index contributed by atoms with van der Waals surface area (Å²) in [6, 6.07) is 8.66. The topological polar surface area (TPSA) is 81.4 Å². The third-order valence-electron chi connectivity index (χ3n) is 6.02. The van der Waals surface area contributed by atoms with Gasteiger partial charge in [-0.05, 0) is 50.2 Å². The molecule has 0 aromatic heterocycles. The second kappa shape index (κ2) is 12.9. The van der Waals surface area contributed by atoms with Gasteiger partial charge < -0.3 is 10.4 Å². The lowest BCUT2D eigenvalue weighted by Gasteiger charge is -2.17. The van der Waals surface area contributed by atoms with Gasteiger partial charge in [0.2, 0.25) is 5.96 Å². The van der Waals surface area contributed by atoms with E-state index >= 15 is 0 Å². The van der Waals surface area contributed by atoms with Gasteiger partial charge >= 0.3 is 0 Å². The number of rotatable bonds is 10. The molecule has 0 bridgehead atoms. The summed E-state index contributed by atoms with van der Waals surface area (Å²) in [7, 11) is 0. The first-order valence-corrected chi connectivity index (χ1v) is 12.8.